The molecule has 0 spiro atoms. The van der Waals surface area contributed by atoms with E-state index in [0.29, 0.717) is 35.7 Å². The highest BCUT2D eigenvalue weighted by molar-refractivity contribution is 5.97. The smallest absolute Gasteiger partial charge is 0.417 e. The summed E-state index contributed by atoms with van der Waals surface area (Å²) in [5, 5.41) is 3.27. The molecule has 2 aliphatic heterocycles. The summed E-state index contributed by atoms with van der Waals surface area (Å²) >= 11 is 0. The van der Waals surface area contributed by atoms with Crippen LogP contribution in [0, 0.1) is 6.92 Å². The van der Waals surface area contributed by atoms with Gasteiger partial charge in [0.05, 0.1) is 18.3 Å². The van der Waals surface area contributed by atoms with Crippen LogP contribution in [-0.4, -0.2) is 56.9 Å². The minimum atomic E-state index is -0.526. The summed E-state index contributed by atoms with van der Waals surface area (Å²) in [4.78, 5) is 40.2. The average molecular weight is 473 g/mol. The second kappa shape index (κ2) is 8.24. The van der Waals surface area contributed by atoms with Crippen LogP contribution in [0.25, 0.3) is 11.1 Å². The SMILES string of the molecule is COc1cc(C)cc(Nc2ncc3c(n2)CN(C2CN(C(=O)c4ccc5[nH]c(=O)oc5c4)C2)C3)c1. The standard InChI is InChI=1S/C25H24N6O4/c1-14-5-17(8-19(6-14)34-2)27-24-26-9-16-10-30(13-21(16)28-24)18-11-31(12-18)23(32)15-3-4-20-22(7-15)35-25(33)29-20/h3-9,18H,10-13H2,1-2H3,(H,29,33)(H,26,27,28). The summed E-state index contributed by atoms with van der Waals surface area (Å²) in [6.07, 6.45) is 1.87. The molecule has 35 heavy (non-hydrogen) atoms. The van der Waals surface area contributed by atoms with Crippen LogP contribution >= 0.6 is 0 Å². The predicted octanol–water partition coefficient (Wildman–Crippen LogP) is 2.81. The molecule has 1 amide bonds. The van der Waals surface area contributed by atoms with Crippen molar-refractivity contribution < 1.29 is 13.9 Å². The van der Waals surface area contributed by atoms with Crippen LogP contribution in [0.2, 0.25) is 0 Å². The second-order valence-corrected chi connectivity index (χ2v) is 9.02. The van der Waals surface area contributed by atoms with Crippen molar-refractivity contribution in [2.75, 3.05) is 25.5 Å². The largest absolute Gasteiger partial charge is 0.497 e. The Morgan fingerprint density at radius 3 is 2.89 bits per heavy atom. The maximum absolute atomic E-state index is 12.9. The van der Waals surface area contributed by atoms with Crippen molar-refractivity contribution in [2.45, 2.75) is 26.1 Å². The van der Waals surface area contributed by atoms with Gasteiger partial charge in [0.15, 0.2) is 5.58 Å². The molecule has 2 aromatic carbocycles. The summed E-state index contributed by atoms with van der Waals surface area (Å²) in [5.41, 5.74) is 5.55. The number of methoxy groups -OCH3 is 1. The van der Waals surface area contributed by atoms with Crippen LogP contribution < -0.4 is 15.8 Å². The van der Waals surface area contributed by atoms with E-state index >= 15 is 0 Å². The summed E-state index contributed by atoms with van der Waals surface area (Å²) in [6.45, 7) is 4.78. The normalized spacial score (nSPS) is 15.8. The molecule has 0 radical (unpaired) electrons. The van der Waals surface area contributed by atoms with E-state index in [1.54, 1.807) is 25.3 Å². The fourth-order valence-electron chi connectivity index (χ4n) is 4.68. The van der Waals surface area contributed by atoms with Crippen molar-refractivity contribution in [3.05, 3.63) is 75.5 Å². The number of hydrogen-bond acceptors (Lipinski definition) is 8. The Morgan fingerprint density at radius 2 is 2.06 bits per heavy atom. The van der Waals surface area contributed by atoms with Crippen molar-refractivity contribution >= 4 is 28.6 Å². The third-order valence-electron chi connectivity index (χ3n) is 6.56. The van der Waals surface area contributed by atoms with Crippen LogP contribution in [0.3, 0.4) is 0 Å². The minimum Gasteiger partial charge on any atom is -0.497 e. The summed E-state index contributed by atoms with van der Waals surface area (Å²) in [5.74, 6) is 0.739. The summed E-state index contributed by atoms with van der Waals surface area (Å²) in [6, 6.07) is 11.2. The number of fused-ring (bicyclic) bond motifs is 2. The first-order valence-electron chi connectivity index (χ1n) is 11.4. The van der Waals surface area contributed by atoms with Crippen LogP contribution in [-0.2, 0) is 13.1 Å². The highest BCUT2D eigenvalue weighted by Crippen LogP contribution is 2.29. The van der Waals surface area contributed by atoms with Gasteiger partial charge in [0.2, 0.25) is 5.95 Å². The quantitative estimate of drug-likeness (QED) is 0.456. The van der Waals surface area contributed by atoms with E-state index < -0.39 is 5.76 Å². The molecule has 1 saturated heterocycles. The molecule has 0 aliphatic carbocycles. The van der Waals surface area contributed by atoms with Gasteiger partial charge in [-0.15, -0.1) is 0 Å². The number of likely N-dealkylation sites (tertiary alicyclic amines) is 1. The lowest BCUT2D eigenvalue weighted by Gasteiger charge is -2.43. The number of nitrogens with one attached hydrogen (secondary N) is 2. The van der Waals surface area contributed by atoms with Gasteiger partial charge in [0.25, 0.3) is 5.91 Å². The molecule has 0 atom stereocenters. The number of carbonyl (C=O) groups is 1. The van der Waals surface area contributed by atoms with E-state index in [1.807, 2.05) is 36.2 Å². The number of aromatic nitrogens is 3. The maximum atomic E-state index is 12.9. The second-order valence-electron chi connectivity index (χ2n) is 9.02. The van der Waals surface area contributed by atoms with Gasteiger partial charge >= 0.3 is 5.76 Å². The van der Waals surface area contributed by atoms with Crippen LogP contribution in [0.5, 0.6) is 5.75 Å². The van der Waals surface area contributed by atoms with Crippen molar-refractivity contribution in [2.24, 2.45) is 0 Å². The van der Waals surface area contributed by atoms with Gasteiger partial charge in [-0.3, -0.25) is 14.7 Å². The lowest BCUT2D eigenvalue weighted by molar-refractivity contribution is 0.0249. The topological polar surface area (TPSA) is 117 Å². The molecule has 0 unspecified atom stereocenters. The van der Waals surface area contributed by atoms with E-state index in [4.69, 9.17) is 14.1 Å². The third kappa shape index (κ3) is 4.01. The Bertz CT molecular complexity index is 1500. The van der Waals surface area contributed by atoms with Gasteiger partial charge in [-0.1, -0.05) is 0 Å². The number of ether oxygens (including phenoxy) is 1. The van der Waals surface area contributed by atoms with Crippen molar-refractivity contribution in [3.63, 3.8) is 0 Å². The van der Waals surface area contributed by atoms with Crippen molar-refractivity contribution in [3.8, 4) is 5.75 Å². The van der Waals surface area contributed by atoms with E-state index in [0.717, 1.165) is 41.3 Å². The van der Waals surface area contributed by atoms with Crippen molar-refractivity contribution in [1.29, 1.82) is 0 Å². The van der Waals surface area contributed by atoms with E-state index in [-0.39, 0.29) is 11.9 Å². The number of nitrogens with zero attached hydrogens (tertiary/aromatic N) is 4. The number of aryl methyl sites for hydroxylation is 1. The zero-order valence-corrected chi connectivity index (χ0v) is 19.4. The number of anilines is 2. The molecule has 2 aliphatic rings. The Balaban J connectivity index is 1.09. The first-order chi connectivity index (χ1) is 16.9. The Kier molecular flexibility index (Phi) is 5.03. The molecule has 0 saturated carbocycles. The number of benzene rings is 2. The maximum Gasteiger partial charge on any atom is 0.417 e. The molecule has 178 valence electrons. The molecule has 1 fully saturated rings. The molecular weight excluding hydrogens is 448 g/mol. The van der Waals surface area contributed by atoms with Gasteiger partial charge in [-0.05, 0) is 42.8 Å². The molecule has 6 rings (SSSR count). The zero-order chi connectivity index (χ0) is 24.1. The predicted molar refractivity (Wildman–Crippen MR) is 129 cm³/mol. The summed E-state index contributed by atoms with van der Waals surface area (Å²) < 4.78 is 10.4. The number of carbonyl (C=O) groups excluding carboxylic acids is 1. The Hall–Kier alpha value is -4.18. The molecule has 10 heteroatoms. The van der Waals surface area contributed by atoms with Gasteiger partial charge in [-0.25, -0.2) is 14.8 Å². The molecule has 4 heterocycles. The molecule has 4 aromatic rings. The van der Waals surface area contributed by atoms with Gasteiger partial charge < -0.3 is 19.4 Å². The average Bonchev–Trinajstić information content (AvgIpc) is 3.38. The fourth-order valence-corrected chi connectivity index (χ4v) is 4.68. The fraction of sp³-hybridized carbons (Fsp3) is 0.280. The molecule has 10 nitrogen and oxygen atoms in total. The lowest BCUT2D eigenvalue weighted by Crippen LogP contribution is -2.59. The third-order valence-corrected chi connectivity index (χ3v) is 6.56. The van der Waals surface area contributed by atoms with Gasteiger partial charge in [0.1, 0.15) is 5.75 Å². The first-order valence-corrected chi connectivity index (χ1v) is 11.4. The first kappa shape index (κ1) is 21.4. The number of oxazole rings is 1. The Labute approximate surface area is 200 Å². The minimum absolute atomic E-state index is 0.0661. The number of hydrogen-bond donors (Lipinski definition) is 2. The summed E-state index contributed by atoms with van der Waals surface area (Å²) in [7, 11) is 1.65. The van der Waals surface area contributed by atoms with E-state index in [2.05, 4.69) is 20.2 Å². The lowest BCUT2D eigenvalue weighted by atomic mass is 10.0. The molecule has 2 N–H and O–H groups in total. The van der Waals surface area contributed by atoms with Crippen LogP contribution in [0.4, 0.5) is 11.6 Å². The molecule has 0 bridgehead atoms. The van der Waals surface area contributed by atoms with Crippen LogP contribution in [0.1, 0.15) is 27.2 Å². The molecule has 2 aromatic heterocycles. The number of rotatable bonds is 5. The van der Waals surface area contributed by atoms with E-state index in [9.17, 15) is 9.59 Å². The highest BCUT2D eigenvalue weighted by Gasteiger charge is 2.38. The van der Waals surface area contributed by atoms with E-state index in [1.165, 1.54) is 0 Å². The van der Waals surface area contributed by atoms with Gasteiger partial charge in [-0.2, -0.15) is 0 Å². The van der Waals surface area contributed by atoms with Crippen molar-refractivity contribution in [1.82, 2.24) is 24.8 Å². The highest BCUT2D eigenvalue weighted by atomic mass is 16.5. The Morgan fingerprint density at radius 1 is 1.20 bits per heavy atom. The number of amides is 1. The van der Waals surface area contributed by atoms with Gasteiger partial charge in [0, 0.05) is 61.3 Å². The number of aromatic amines is 1. The number of H-pyrrole nitrogens is 1. The monoisotopic (exact) mass is 472 g/mol. The zero-order valence-electron chi connectivity index (χ0n) is 19.4. The molecular formula is C25H24N6O4. The van der Waals surface area contributed by atoms with Crippen LogP contribution in [0.15, 0.2) is 51.8 Å².